The molecule has 0 aliphatic heterocycles. The first-order valence-corrected chi connectivity index (χ1v) is 6.65. The minimum Gasteiger partial charge on any atom is -0.337 e. The summed E-state index contributed by atoms with van der Waals surface area (Å²) in [5.41, 5.74) is 5.75. The van der Waals surface area contributed by atoms with Gasteiger partial charge in [-0.25, -0.2) is 4.98 Å². The van der Waals surface area contributed by atoms with Gasteiger partial charge in [0.25, 0.3) is 11.5 Å². The molecule has 19 heavy (non-hydrogen) atoms. The largest absolute Gasteiger partial charge is 0.337 e. The zero-order valence-electron chi connectivity index (χ0n) is 11.1. The molecule has 1 heterocycles. The average molecular weight is 264 g/mol. The van der Waals surface area contributed by atoms with Crippen LogP contribution in [0.1, 0.15) is 36.2 Å². The van der Waals surface area contributed by atoms with Gasteiger partial charge in [-0.3, -0.25) is 9.59 Å². The van der Waals surface area contributed by atoms with Crippen LogP contribution in [0.15, 0.2) is 17.2 Å². The molecule has 1 amide bonds. The zero-order valence-corrected chi connectivity index (χ0v) is 11.1. The van der Waals surface area contributed by atoms with Crippen molar-refractivity contribution in [2.45, 2.75) is 31.7 Å². The maximum atomic E-state index is 12.3. The number of carbonyl (C=O) groups is 1. The summed E-state index contributed by atoms with van der Waals surface area (Å²) in [5, 5.41) is 0. The van der Waals surface area contributed by atoms with Crippen LogP contribution in [0.2, 0.25) is 0 Å². The van der Waals surface area contributed by atoms with Gasteiger partial charge in [-0.1, -0.05) is 12.8 Å². The number of H-pyrrole nitrogens is 1. The Hall–Kier alpha value is -1.69. The molecule has 2 unspecified atom stereocenters. The summed E-state index contributed by atoms with van der Waals surface area (Å²) in [6.07, 6.45) is 6.84. The number of aromatic amines is 1. The van der Waals surface area contributed by atoms with Gasteiger partial charge < -0.3 is 15.6 Å². The maximum Gasteiger partial charge on any atom is 0.273 e. The lowest BCUT2D eigenvalue weighted by Crippen LogP contribution is -2.46. The SMILES string of the molecule is CN(C(=O)c1c[nH]c(=O)cn1)C1CCCCC1CN. The molecule has 0 spiro atoms. The molecule has 2 atom stereocenters. The molecule has 0 bridgehead atoms. The fourth-order valence-electron chi connectivity index (χ4n) is 2.76. The number of hydrogen-bond acceptors (Lipinski definition) is 4. The number of nitrogens with one attached hydrogen (secondary N) is 1. The molecule has 1 aliphatic carbocycles. The van der Waals surface area contributed by atoms with Gasteiger partial charge in [0.05, 0.1) is 6.20 Å². The predicted molar refractivity (Wildman–Crippen MR) is 71.8 cm³/mol. The van der Waals surface area contributed by atoms with Crippen molar-refractivity contribution in [2.24, 2.45) is 11.7 Å². The van der Waals surface area contributed by atoms with Gasteiger partial charge in [0.15, 0.2) is 0 Å². The van der Waals surface area contributed by atoms with Crippen molar-refractivity contribution in [3.63, 3.8) is 0 Å². The second kappa shape index (κ2) is 5.97. The third kappa shape index (κ3) is 3.01. The van der Waals surface area contributed by atoms with Gasteiger partial charge in [-0.15, -0.1) is 0 Å². The van der Waals surface area contributed by atoms with E-state index >= 15 is 0 Å². The highest BCUT2D eigenvalue weighted by molar-refractivity contribution is 5.92. The second-order valence-corrected chi connectivity index (χ2v) is 5.06. The Morgan fingerprint density at radius 3 is 2.89 bits per heavy atom. The lowest BCUT2D eigenvalue weighted by Gasteiger charge is -2.37. The monoisotopic (exact) mass is 264 g/mol. The Morgan fingerprint density at radius 1 is 1.53 bits per heavy atom. The zero-order chi connectivity index (χ0) is 13.8. The highest BCUT2D eigenvalue weighted by atomic mass is 16.2. The van der Waals surface area contributed by atoms with Crippen LogP contribution in [0.5, 0.6) is 0 Å². The van der Waals surface area contributed by atoms with Gasteiger partial charge in [0, 0.05) is 19.3 Å². The Labute approximate surface area is 112 Å². The van der Waals surface area contributed by atoms with Crippen molar-refractivity contribution in [3.05, 3.63) is 28.4 Å². The van der Waals surface area contributed by atoms with Crippen molar-refractivity contribution >= 4 is 5.91 Å². The van der Waals surface area contributed by atoms with Crippen LogP contribution in [0, 0.1) is 5.92 Å². The summed E-state index contributed by atoms with van der Waals surface area (Å²) in [7, 11) is 1.79. The summed E-state index contributed by atoms with van der Waals surface area (Å²) >= 11 is 0. The summed E-state index contributed by atoms with van der Waals surface area (Å²) < 4.78 is 0. The van der Waals surface area contributed by atoms with Gasteiger partial charge in [0.2, 0.25) is 0 Å². The lowest BCUT2D eigenvalue weighted by molar-refractivity contribution is 0.0614. The number of aromatic nitrogens is 2. The quantitative estimate of drug-likeness (QED) is 0.824. The van der Waals surface area contributed by atoms with E-state index < -0.39 is 0 Å². The van der Waals surface area contributed by atoms with Crippen molar-refractivity contribution < 1.29 is 4.79 Å². The molecule has 6 nitrogen and oxygen atoms in total. The van der Waals surface area contributed by atoms with E-state index in [-0.39, 0.29) is 23.2 Å². The number of nitrogens with zero attached hydrogens (tertiary/aromatic N) is 2. The maximum absolute atomic E-state index is 12.3. The fraction of sp³-hybridized carbons (Fsp3) is 0.615. The first-order valence-electron chi connectivity index (χ1n) is 6.65. The smallest absolute Gasteiger partial charge is 0.273 e. The van der Waals surface area contributed by atoms with Gasteiger partial charge in [-0.05, 0) is 25.3 Å². The number of hydrogen-bond donors (Lipinski definition) is 2. The van der Waals surface area contributed by atoms with E-state index in [2.05, 4.69) is 9.97 Å². The molecule has 2 rings (SSSR count). The highest BCUT2D eigenvalue weighted by Gasteiger charge is 2.30. The number of nitrogens with two attached hydrogens (primary N) is 1. The molecule has 104 valence electrons. The minimum absolute atomic E-state index is 0.165. The normalized spacial score (nSPS) is 23.1. The first kappa shape index (κ1) is 13.7. The Bertz CT molecular complexity index is 479. The Morgan fingerprint density at radius 2 is 2.26 bits per heavy atom. The molecule has 1 fully saturated rings. The molecule has 1 aliphatic rings. The van der Waals surface area contributed by atoms with Gasteiger partial charge in [-0.2, -0.15) is 0 Å². The molecule has 1 aromatic rings. The number of amides is 1. The van der Waals surface area contributed by atoms with E-state index in [0.717, 1.165) is 25.5 Å². The van der Waals surface area contributed by atoms with Gasteiger partial charge in [0.1, 0.15) is 5.69 Å². The Kier molecular flexibility index (Phi) is 4.31. The van der Waals surface area contributed by atoms with Crippen LogP contribution in [0.3, 0.4) is 0 Å². The fourth-order valence-corrected chi connectivity index (χ4v) is 2.76. The van der Waals surface area contributed by atoms with E-state index in [1.54, 1.807) is 11.9 Å². The third-order valence-electron chi connectivity index (χ3n) is 3.88. The topological polar surface area (TPSA) is 92.1 Å². The minimum atomic E-state index is -0.309. The summed E-state index contributed by atoms with van der Waals surface area (Å²) in [5.74, 6) is 0.187. The standard InChI is InChI=1S/C13H20N4O2/c1-17(11-5-3-2-4-9(11)6-14)13(19)10-7-16-12(18)8-15-10/h7-9,11H,2-6,14H2,1H3,(H,16,18). The molecule has 0 radical (unpaired) electrons. The molecule has 0 saturated heterocycles. The van der Waals surface area contributed by atoms with Crippen LogP contribution in [0.25, 0.3) is 0 Å². The highest BCUT2D eigenvalue weighted by Crippen LogP contribution is 2.27. The van der Waals surface area contributed by atoms with Crippen LogP contribution in [0.4, 0.5) is 0 Å². The predicted octanol–water partition coefficient (Wildman–Crippen LogP) is 0.359. The molecular weight excluding hydrogens is 244 g/mol. The van der Waals surface area contributed by atoms with Crippen molar-refractivity contribution in [2.75, 3.05) is 13.6 Å². The van der Waals surface area contributed by atoms with Crippen molar-refractivity contribution in [3.8, 4) is 0 Å². The average Bonchev–Trinajstić information content (AvgIpc) is 2.46. The van der Waals surface area contributed by atoms with E-state index in [1.807, 2.05) is 0 Å². The summed E-state index contributed by atoms with van der Waals surface area (Å²) in [6, 6.07) is 0.167. The van der Waals surface area contributed by atoms with E-state index in [1.165, 1.54) is 12.6 Å². The van der Waals surface area contributed by atoms with Crippen molar-refractivity contribution in [1.82, 2.24) is 14.9 Å². The summed E-state index contributed by atoms with van der Waals surface area (Å²) in [4.78, 5) is 31.3. The Balaban J connectivity index is 2.13. The second-order valence-electron chi connectivity index (χ2n) is 5.06. The summed E-state index contributed by atoms with van der Waals surface area (Å²) in [6.45, 7) is 0.599. The van der Waals surface area contributed by atoms with E-state index in [9.17, 15) is 9.59 Å². The van der Waals surface area contributed by atoms with E-state index in [4.69, 9.17) is 5.73 Å². The van der Waals surface area contributed by atoms with Gasteiger partial charge >= 0.3 is 0 Å². The molecule has 1 aromatic heterocycles. The van der Waals surface area contributed by atoms with Crippen LogP contribution >= 0.6 is 0 Å². The van der Waals surface area contributed by atoms with Crippen LogP contribution in [-0.4, -0.2) is 40.4 Å². The van der Waals surface area contributed by atoms with E-state index in [0.29, 0.717) is 12.5 Å². The molecule has 1 saturated carbocycles. The number of carbonyl (C=O) groups excluding carboxylic acids is 1. The molecule has 0 aromatic carbocycles. The lowest BCUT2D eigenvalue weighted by atomic mass is 9.83. The number of rotatable bonds is 3. The molecule has 6 heteroatoms. The molecular formula is C13H20N4O2. The first-order chi connectivity index (χ1) is 9.13. The van der Waals surface area contributed by atoms with Crippen LogP contribution < -0.4 is 11.3 Å². The van der Waals surface area contributed by atoms with Crippen molar-refractivity contribution in [1.29, 1.82) is 0 Å². The third-order valence-corrected chi connectivity index (χ3v) is 3.88. The van der Waals surface area contributed by atoms with Crippen LogP contribution in [-0.2, 0) is 0 Å². The molecule has 3 N–H and O–H groups in total.